The summed E-state index contributed by atoms with van der Waals surface area (Å²) in [6.07, 6.45) is 0. The van der Waals surface area contributed by atoms with Gasteiger partial charge < -0.3 is 10.3 Å². The number of aromatic nitrogens is 2. The van der Waals surface area contributed by atoms with Gasteiger partial charge in [0.25, 0.3) is 5.91 Å². The number of rotatable bonds is 5. The van der Waals surface area contributed by atoms with E-state index in [4.69, 9.17) is 11.6 Å². The zero-order valence-corrected chi connectivity index (χ0v) is 18.4. The smallest absolute Gasteiger partial charge is 0.255 e. The number of nitrogens with zero attached hydrogens (tertiary/aromatic N) is 2. The first-order valence-corrected chi connectivity index (χ1v) is 10.6. The number of hydrogen-bond donors (Lipinski definition) is 2. The number of amides is 1. The first kappa shape index (κ1) is 20.5. The largest absolute Gasteiger partial charge is 0.338 e. The number of aromatic amines is 1. The summed E-state index contributed by atoms with van der Waals surface area (Å²) in [4.78, 5) is 21.6. The molecule has 0 radical (unpaired) electrons. The summed E-state index contributed by atoms with van der Waals surface area (Å²) in [5.41, 5.74) is 5.18. The molecule has 30 heavy (non-hydrogen) atoms. The van der Waals surface area contributed by atoms with Crippen LogP contribution in [0.3, 0.4) is 0 Å². The Bertz CT molecular complexity index is 1220. The van der Waals surface area contributed by atoms with E-state index >= 15 is 0 Å². The minimum absolute atomic E-state index is 0.190. The number of carbonyl (C=O) groups excluding carboxylic acids is 1. The maximum Gasteiger partial charge on any atom is 0.255 e. The van der Waals surface area contributed by atoms with Crippen molar-refractivity contribution in [3.63, 3.8) is 0 Å². The number of nitrogens with one attached hydrogen (secondary N) is 2. The molecule has 152 valence electrons. The number of benzene rings is 3. The number of halogens is 1. The van der Waals surface area contributed by atoms with Crippen LogP contribution in [0, 0.1) is 6.92 Å². The van der Waals surface area contributed by atoms with E-state index in [9.17, 15) is 4.79 Å². The van der Waals surface area contributed by atoms with Gasteiger partial charge in [-0.25, -0.2) is 4.98 Å². The lowest BCUT2D eigenvalue weighted by molar-refractivity contribution is 0.102. The quantitative estimate of drug-likeness (QED) is 0.376. The van der Waals surface area contributed by atoms with Crippen LogP contribution in [0.25, 0.3) is 22.4 Å². The van der Waals surface area contributed by atoms with Gasteiger partial charge in [0.05, 0.1) is 16.1 Å². The highest BCUT2D eigenvalue weighted by molar-refractivity contribution is 7.97. The highest BCUT2D eigenvalue weighted by Crippen LogP contribution is 2.30. The Balaban J connectivity index is 1.56. The molecule has 4 aromatic rings. The number of imidazole rings is 1. The predicted octanol–water partition coefficient (Wildman–Crippen LogP) is 6.01. The molecule has 0 aliphatic rings. The third-order valence-electron chi connectivity index (χ3n) is 4.54. The summed E-state index contributed by atoms with van der Waals surface area (Å²) in [5, 5.41) is 3.57. The van der Waals surface area contributed by atoms with Crippen LogP contribution in [0.2, 0.25) is 5.02 Å². The van der Waals surface area contributed by atoms with E-state index in [-0.39, 0.29) is 5.91 Å². The van der Waals surface area contributed by atoms with Crippen molar-refractivity contribution in [2.75, 3.05) is 19.4 Å². The average Bonchev–Trinajstić information content (AvgIpc) is 3.13. The second kappa shape index (κ2) is 8.52. The molecular weight excluding hydrogens is 416 g/mol. The molecule has 4 rings (SSSR count). The fourth-order valence-corrected chi connectivity index (χ4v) is 4.00. The van der Waals surface area contributed by atoms with Crippen molar-refractivity contribution in [3.8, 4) is 11.4 Å². The third kappa shape index (κ3) is 4.51. The number of fused-ring (bicyclic) bond motifs is 1. The van der Waals surface area contributed by atoms with E-state index in [0.717, 1.165) is 27.3 Å². The number of H-pyrrole nitrogens is 1. The molecule has 0 saturated heterocycles. The number of aryl methyl sites for hydroxylation is 1. The molecule has 2 N–H and O–H groups in total. The zero-order valence-electron chi connectivity index (χ0n) is 16.9. The molecule has 0 aliphatic carbocycles. The molecule has 0 spiro atoms. The van der Waals surface area contributed by atoms with E-state index in [0.29, 0.717) is 16.3 Å². The molecule has 1 heterocycles. The van der Waals surface area contributed by atoms with Crippen LogP contribution in [-0.4, -0.2) is 34.3 Å². The number of anilines is 1. The summed E-state index contributed by atoms with van der Waals surface area (Å²) in [5.74, 6) is 0.612. The average molecular weight is 437 g/mol. The van der Waals surface area contributed by atoms with Gasteiger partial charge in [0.15, 0.2) is 0 Å². The van der Waals surface area contributed by atoms with Crippen molar-refractivity contribution in [1.82, 2.24) is 14.3 Å². The summed E-state index contributed by atoms with van der Waals surface area (Å²) >= 11 is 7.72. The highest BCUT2D eigenvalue weighted by atomic mass is 35.5. The summed E-state index contributed by atoms with van der Waals surface area (Å²) < 4.78 is 1.93. The van der Waals surface area contributed by atoms with Gasteiger partial charge in [-0.05, 0) is 69.4 Å². The van der Waals surface area contributed by atoms with Gasteiger partial charge in [-0.3, -0.25) is 9.10 Å². The van der Waals surface area contributed by atoms with E-state index in [1.54, 1.807) is 18.2 Å². The molecule has 0 bridgehead atoms. The van der Waals surface area contributed by atoms with Gasteiger partial charge in [0.1, 0.15) is 5.82 Å². The monoisotopic (exact) mass is 436 g/mol. The zero-order chi connectivity index (χ0) is 21.3. The van der Waals surface area contributed by atoms with Crippen LogP contribution in [0.15, 0.2) is 65.6 Å². The lowest BCUT2D eigenvalue weighted by Crippen LogP contribution is -2.12. The molecule has 0 fully saturated rings. The lowest BCUT2D eigenvalue weighted by Gasteiger charge is -2.12. The van der Waals surface area contributed by atoms with E-state index in [1.807, 2.05) is 48.7 Å². The number of carbonyl (C=O) groups is 1. The molecular formula is C23H21ClN4OS. The fraction of sp³-hybridized carbons (Fsp3) is 0.130. The van der Waals surface area contributed by atoms with Gasteiger partial charge in [-0.1, -0.05) is 41.4 Å². The second-order valence-corrected chi connectivity index (χ2v) is 8.95. The van der Waals surface area contributed by atoms with Gasteiger partial charge in [0.2, 0.25) is 0 Å². The summed E-state index contributed by atoms with van der Waals surface area (Å²) in [6.45, 7) is 2.06. The molecule has 5 nitrogen and oxygen atoms in total. The third-order valence-corrected chi connectivity index (χ3v) is 5.88. The van der Waals surface area contributed by atoms with Crippen LogP contribution >= 0.6 is 23.5 Å². The van der Waals surface area contributed by atoms with E-state index in [1.165, 1.54) is 17.5 Å². The van der Waals surface area contributed by atoms with Gasteiger partial charge in [0, 0.05) is 21.7 Å². The Morgan fingerprint density at radius 3 is 2.57 bits per heavy atom. The first-order valence-electron chi connectivity index (χ1n) is 9.42. The van der Waals surface area contributed by atoms with Gasteiger partial charge >= 0.3 is 0 Å². The van der Waals surface area contributed by atoms with Crippen molar-refractivity contribution >= 4 is 46.2 Å². The van der Waals surface area contributed by atoms with Crippen molar-refractivity contribution in [2.24, 2.45) is 0 Å². The predicted molar refractivity (Wildman–Crippen MR) is 125 cm³/mol. The Hall–Kier alpha value is -2.80. The van der Waals surface area contributed by atoms with Crippen molar-refractivity contribution in [1.29, 1.82) is 0 Å². The topological polar surface area (TPSA) is 61.0 Å². The van der Waals surface area contributed by atoms with Gasteiger partial charge in [-0.15, -0.1) is 0 Å². The SMILES string of the molecule is Cc1ccc(-c2nc3ccc(NC(=O)c4ccc(Cl)c(SN(C)C)c4)cc3[nH]2)cc1. The summed E-state index contributed by atoms with van der Waals surface area (Å²) in [6, 6.07) is 19.1. The van der Waals surface area contributed by atoms with E-state index in [2.05, 4.69) is 34.3 Å². The second-order valence-electron chi connectivity index (χ2n) is 7.19. The molecule has 1 aromatic heterocycles. The molecule has 7 heteroatoms. The summed E-state index contributed by atoms with van der Waals surface area (Å²) in [7, 11) is 3.86. The maximum absolute atomic E-state index is 12.8. The van der Waals surface area contributed by atoms with Crippen LogP contribution < -0.4 is 5.32 Å². The van der Waals surface area contributed by atoms with Crippen LogP contribution in [0.1, 0.15) is 15.9 Å². The molecule has 1 amide bonds. The Morgan fingerprint density at radius 2 is 1.83 bits per heavy atom. The Kier molecular flexibility index (Phi) is 5.81. The molecule has 0 unspecified atom stereocenters. The van der Waals surface area contributed by atoms with E-state index < -0.39 is 0 Å². The number of hydrogen-bond acceptors (Lipinski definition) is 4. The van der Waals surface area contributed by atoms with Crippen molar-refractivity contribution < 1.29 is 4.79 Å². The minimum atomic E-state index is -0.190. The fourth-order valence-electron chi connectivity index (χ4n) is 3.05. The van der Waals surface area contributed by atoms with Crippen LogP contribution in [0.5, 0.6) is 0 Å². The Morgan fingerprint density at radius 1 is 1.07 bits per heavy atom. The normalized spacial score (nSPS) is 11.2. The Labute approximate surface area is 184 Å². The minimum Gasteiger partial charge on any atom is -0.338 e. The maximum atomic E-state index is 12.8. The molecule has 0 saturated carbocycles. The highest BCUT2D eigenvalue weighted by Gasteiger charge is 2.12. The van der Waals surface area contributed by atoms with Crippen LogP contribution in [0.4, 0.5) is 5.69 Å². The molecule has 0 atom stereocenters. The van der Waals surface area contributed by atoms with Crippen LogP contribution in [-0.2, 0) is 0 Å². The standard InChI is InChI=1S/C23H21ClN4OS/c1-14-4-6-15(7-5-14)22-26-19-11-9-17(13-20(19)27-22)25-23(29)16-8-10-18(24)21(12-16)30-28(2)3/h4-13H,1-3H3,(H,25,29)(H,26,27). The van der Waals surface area contributed by atoms with Crippen molar-refractivity contribution in [2.45, 2.75) is 11.8 Å². The molecule has 0 aliphatic heterocycles. The lowest BCUT2D eigenvalue weighted by atomic mass is 10.1. The molecule has 3 aromatic carbocycles. The van der Waals surface area contributed by atoms with Crippen molar-refractivity contribution in [3.05, 3.63) is 76.8 Å². The van der Waals surface area contributed by atoms with Gasteiger partial charge in [-0.2, -0.15) is 0 Å². The first-order chi connectivity index (χ1) is 14.4.